The topological polar surface area (TPSA) is 60.9 Å². The van der Waals surface area contributed by atoms with E-state index in [4.69, 9.17) is 0 Å². The molecule has 5 nitrogen and oxygen atoms in total. The fraction of sp³-hybridized carbons (Fsp3) is 0.556. The van der Waals surface area contributed by atoms with Crippen LogP contribution in [-0.2, 0) is 16.0 Å². The first kappa shape index (κ1) is 19.2. The molecule has 0 fully saturated rings. The minimum absolute atomic E-state index is 0.0407. The molecule has 0 unspecified atom stereocenters. The van der Waals surface area contributed by atoms with E-state index in [2.05, 4.69) is 18.7 Å². The number of carboxylic acids is 1. The van der Waals surface area contributed by atoms with E-state index in [1.807, 2.05) is 30.3 Å². The number of carboxylic acid groups (broad SMARTS) is 1. The summed E-state index contributed by atoms with van der Waals surface area (Å²) in [6, 6.07) is 9.44. The van der Waals surface area contributed by atoms with Crippen molar-refractivity contribution >= 4 is 11.9 Å². The summed E-state index contributed by atoms with van der Waals surface area (Å²) in [5.74, 6) is -1.71. The van der Waals surface area contributed by atoms with Crippen molar-refractivity contribution in [2.45, 2.75) is 26.7 Å². The van der Waals surface area contributed by atoms with Gasteiger partial charge in [-0.05, 0) is 25.1 Å². The third kappa shape index (κ3) is 6.82. The molecule has 128 valence electrons. The molecule has 0 radical (unpaired) electrons. The Morgan fingerprint density at radius 2 is 1.70 bits per heavy atom. The summed E-state index contributed by atoms with van der Waals surface area (Å²) in [7, 11) is 1.74. The van der Waals surface area contributed by atoms with E-state index < -0.39 is 11.9 Å². The molecule has 1 atom stereocenters. The number of carbonyl (C=O) groups is 2. The quantitative estimate of drug-likeness (QED) is 0.717. The van der Waals surface area contributed by atoms with Crippen molar-refractivity contribution in [3.8, 4) is 0 Å². The maximum Gasteiger partial charge on any atom is 0.307 e. The van der Waals surface area contributed by atoms with Gasteiger partial charge in [-0.2, -0.15) is 0 Å². The second-order valence-electron chi connectivity index (χ2n) is 5.77. The molecule has 1 aromatic rings. The van der Waals surface area contributed by atoms with Crippen molar-refractivity contribution in [3.63, 3.8) is 0 Å². The van der Waals surface area contributed by atoms with Crippen LogP contribution >= 0.6 is 0 Å². The number of benzene rings is 1. The molecule has 23 heavy (non-hydrogen) atoms. The van der Waals surface area contributed by atoms with Crippen molar-refractivity contribution in [2.24, 2.45) is 5.92 Å². The lowest BCUT2D eigenvalue weighted by atomic mass is 9.96. The molecule has 0 saturated heterocycles. The van der Waals surface area contributed by atoms with Crippen LogP contribution in [0.4, 0.5) is 0 Å². The van der Waals surface area contributed by atoms with Crippen LogP contribution in [0.2, 0.25) is 0 Å². The number of hydrogen-bond donors (Lipinski definition) is 1. The summed E-state index contributed by atoms with van der Waals surface area (Å²) >= 11 is 0. The Morgan fingerprint density at radius 3 is 2.22 bits per heavy atom. The molecule has 0 spiro atoms. The van der Waals surface area contributed by atoms with Gasteiger partial charge < -0.3 is 14.9 Å². The monoisotopic (exact) mass is 320 g/mol. The van der Waals surface area contributed by atoms with E-state index in [1.165, 1.54) is 0 Å². The van der Waals surface area contributed by atoms with Crippen molar-refractivity contribution in [1.29, 1.82) is 0 Å². The lowest BCUT2D eigenvalue weighted by Gasteiger charge is -2.24. The second-order valence-corrected chi connectivity index (χ2v) is 5.77. The van der Waals surface area contributed by atoms with Gasteiger partial charge in [0.05, 0.1) is 5.92 Å². The van der Waals surface area contributed by atoms with Gasteiger partial charge in [-0.15, -0.1) is 0 Å². The van der Waals surface area contributed by atoms with Crippen molar-refractivity contribution in [1.82, 2.24) is 9.80 Å². The minimum Gasteiger partial charge on any atom is -0.481 e. The van der Waals surface area contributed by atoms with Crippen LogP contribution in [0.5, 0.6) is 0 Å². The zero-order valence-electron chi connectivity index (χ0n) is 14.4. The molecule has 0 saturated carbocycles. The molecule has 1 rings (SSSR count). The van der Waals surface area contributed by atoms with Gasteiger partial charge in [0, 0.05) is 26.6 Å². The molecular weight excluding hydrogens is 292 g/mol. The first-order valence-electron chi connectivity index (χ1n) is 8.20. The molecule has 5 heteroatoms. The summed E-state index contributed by atoms with van der Waals surface area (Å²) in [5.41, 5.74) is 0.943. The van der Waals surface area contributed by atoms with Crippen LogP contribution in [0.3, 0.4) is 0 Å². The third-order valence-electron chi connectivity index (χ3n) is 4.17. The molecular formula is C18H28N2O3. The smallest absolute Gasteiger partial charge is 0.307 e. The Kier molecular flexibility index (Phi) is 8.33. The van der Waals surface area contributed by atoms with Crippen LogP contribution in [0.1, 0.15) is 25.8 Å². The maximum atomic E-state index is 12.3. The van der Waals surface area contributed by atoms with Crippen LogP contribution in [0, 0.1) is 5.92 Å². The Hall–Kier alpha value is -1.88. The number of aliphatic carboxylic acids is 1. The number of amides is 1. The highest BCUT2D eigenvalue weighted by Crippen LogP contribution is 2.14. The summed E-state index contributed by atoms with van der Waals surface area (Å²) in [6.45, 7) is 7.51. The number of rotatable bonds is 10. The van der Waals surface area contributed by atoms with E-state index >= 15 is 0 Å². The van der Waals surface area contributed by atoms with E-state index in [0.717, 1.165) is 25.2 Å². The van der Waals surface area contributed by atoms with Crippen LogP contribution in [0.15, 0.2) is 30.3 Å². The SMILES string of the molecule is CCN(CC)CCN(C)C(=O)C[C@@H](Cc1ccccc1)C(=O)O. The maximum absolute atomic E-state index is 12.3. The molecule has 0 aliphatic rings. The fourth-order valence-corrected chi connectivity index (χ4v) is 2.47. The van der Waals surface area contributed by atoms with Crippen LogP contribution in [0.25, 0.3) is 0 Å². The zero-order valence-corrected chi connectivity index (χ0v) is 14.4. The Morgan fingerprint density at radius 1 is 1.09 bits per heavy atom. The molecule has 0 heterocycles. The summed E-state index contributed by atoms with van der Waals surface area (Å²) in [4.78, 5) is 27.6. The van der Waals surface area contributed by atoms with E-state index in [9.17, 15) is 14.7 Å². The highest BCUT2D eigenvalue weighted by Gasteiger charge is 2.23. The Balaban J connectivity index is 2.55. The molecule has 1 N–H and O–H groups in total. The number of carbonyl (C=O) groups excluding carboxylic acids is 1. The average molecular weight is 320 g/mol. The molecule has 1 aromatic carbocycles. The fourth-order valence-electron chi connectivity index (χ4n) is 2.47. The van der Waals surface area contributed by atoms with Gasteiger partial charge in [0.1, 0.15) is 0 Å². The van der Waals surface area contributed by atoms with E-state index in [0.29, 0.717) is 13.0 Å². The van der Waals surface area contributed by atoms with Crippen molar-refractivity contribution in [2.75, 3.05) is 33.2 Å². The Labute approximate surface area is 138 Å². The first-order chi connectivity index (χ1) is 11.0. The van der Waals surface area contributed by atoms with E-state index in [1.54, 1.807) is 11.9 Å². The van der Waals surface area contributed by atoms with Gasteiger partial charge in [0.2, 0.25) is 5.91 Å². The van der Waals surface area contributed by atoms with Gasteiger partial charge in [0.25, 0.3) is 0 Å². The van der Waals surface area contributed by atoms with Gasteiger partial charge in [-0.3, -0.25) is 9.59 Å². The largest absolute Gasteiger partial charge is 0.481 e. The molecule has 0 aliphatic carbocycles. The van der Waals surface area contributed by atoms with Gasteiger partial charge in [0.15, 0.2) is 0 Å². The molecule has 0 aliphatic heterocycles. The molecule has 0 aromatic heterocycles. The Bertz CT molecular complexity index is 486. The highest BCUT2D eigenvalue weighted by molar-refractivity contribution is 5.82. The number of likely N-dealkylation sites (N-methyl/N-ethyl adjacent to an activating group) is 2. The van der Waals surface area contributed by atoms with E-state index in [-0.39, 0.29) is 12.3 Å². The van der Waals surface area contributed by atoms with Crippen molar-refractivity contribution < 1.29 is 14.7 Å². The second kappa shape index (κ2) is 10.0. The summed E-state index contributed by atoms with van der Waals surface area (Å²) in [5, 5.41) is 9.38. The minimum atomic E-state index is -0.917. The normalized spacial score (nSPS) is 12.2. The predicted octanol–water partition coefficient (Wildman–Crippen LogP) is 2.12. The number of nitrogens with zero attached hydrogens (tertiary/aromatic N) is 2. The molecule has 0 bridgehead atoms. The summed E-state index contributed by atoms with van der Waals surface area (Å²) in [6.07, 6.45) is 0.421. The lowest BCUT2D eigenvalue weighted by molar-refractivity contribution is -0.145. The van der Waals surface area contributed by atoms with Gasteiger partial charge in [-0.1, -0.05) is 44.2 Å². The third-order valence-corrected chi connectivity index (χ3v) is 4.17. The zero-order chi connectivity index (χ0) is 17.2. The highest BCUT2D eigenvalue weighted by atomic mass is 16.4. The predicted molar refractivity (Wildman–Crippen MR) is 91.3 cm³/mol. The lowest BCUT2D eigenvalue weighted by Crippen LogP contribution is -2.37. The summed E-state index contributed by atoms with van der Waals surface area (Å²) < 4.78 is 0. The first-order valence-corrected chi connectivity index (χ1v) is 8.20. The van der Waals surface area contributed by atoms with Crippen molar-refractivity contribution in [3.05, 3.63) is 35.9 Å². The van der Waals surface area contributed by atoms with Crippen LogP contribution < -0.4 is 0 Å². The average Bonchev–Trinajstić information content (AvgIpc) is 2.55. The molecule has 1 amide bonds. The number of hydrogen-bond acceptors (Lipinski definition) is 3. The standard InChI is InChI=1S/C18H28N2O3/c1-4-20(5-2)12-11-19(3)17(21)14-16(18(22)23)13-15-9-7-6-8-10-15/h6-10,16H,4-5,11-14H2,1-3H3,(H,22,23)/t16-/m1/s1. The van der Waals surface area contributed by atoms with Crippen LogP contribution in [-0.4, -0.2) is 60.0 Å². The van der Waals surface area contributed by atoms with Gasteiger partial charge >= 0.3 is 5.97 Å². The van der Waals surface area contributed by atoms with Gasteiger partial charge in [-0.25, -0.2) is 0 Å².